The van der Waals surface area contributed by atoms with E-state index in [0.29, 0.717) is 22.6 Å². The first-order valence-electron chi connectivity index (χ1n) is 5.25. The van der Waals surface area contributed by atoms with Gasteiger partial charge in [0.1, 0.15) is 0 Å². The van der Waals surface area contributed by atoms with Gasteiger partial charge < -0.3 is 10.5 Å². The lowest BCUT2D eigenvalue weighted by Crippen LogP contribution is -2.20. The molecule has 0 saturated heterocycles. The smallest absolute Gasteiger partial charge is 0.0465 e. The van der Waals surface area contributed by atoms with Gasteiger partial charge in [-0.15, -0.1) is 0 Å². The van der Waals surface area contributed by atoms with Crippen LogP contribution in [0, 0.1) is 5.92 Å². The van der Waals surface area contributed by atoms with E-state index < -0.39 is 0 Å². The van der Waals surface area contributed by atoms with Crippen molar-refractivity contribution in [3.05, 3.63) is 33.8 Å². The maximum atomic E-state index is 6.15. The molecule has 0 fully saturated rings. The minimum atomic E-state index is -0.110. The number of halogens is 2. The summed E-state index contributed by atoms with van der Waals surface area (Å²) in [6.45, 7) is 2.79. The molecule has 2 unspecified atom stereocenters. The molecule has 1 aromatic rings. The Balaban J connectivity index is 2.78. The van der Waals surface area contributed by atoms with Gasteiger partial charge in [-0.25, -0.2) is 0 Å². The summed E-state index contributed by atoms with van der Waals surface area (Å²) < 4.78 is 5.04. The number of hydrogen-bond acceptors (Lipinski definition) is 2. The molecule has 0 heterocycles. The van der Waals surface area contributed by atoms with Crippen molar-refractivity contribution in [2.75, 3.05) is 13.7 Å². The van der Waals surface area contributed by atoms with E-state index in [1.54, 1.807) is 19.2 Å². The lowest BCUT2D eigenvalue weighted by atomic mass is 9.93. The Hall–Kier alpha value is -0.280. The highest BCUT2D eigenvalue weighted by Gasteiger charge is 2.17. The highest BCUT2D eigenvalue weighted by atomic mass is 35.5. The van der Waals surface area contributed by atoms with Crippen LogP contribution < -0.4 is 5.73 Å². The average molecular weight is 262 g/mol. The maximum Gasteiger partial charge on any atom is 0.0465 e. The fourth-order valence-electron chi connectivity index (χ4n) is 1.56. The zero-order chi connectivity index (χ0) is 12.1. The first-order chi connectivity index (χ1) is 7.56. The summed E-state index contributed by atoms with van der Waals surface area (Å²) in [5.74, 6) is 0.302. The molecule has 2 atom stereocenters. The van der Waals surface area contributed by atoms with Crippen molar-refractivity contribution in [2.45, 2.75) is 19.4 Å². The summed E-state index contributed by atoms with van der Waals surface area (Å²) in [4.78, 5) is 0. The van der Waals surface area contributed by atoms with Gasteiger partial charge in [0.15, 0.2) is 0 Å². The molecule has 0 saturated carbocycles. The second kappa shape index (κ2) is 6.45. The van der Waals surface area contributed by atoms with Crippen LogP contribution in [0.5, 0.6) is 0 Å². The predicted molar refractivity (Wildman–Crippen MR) is 69.0 cm³/mol. The molecule has 0 aliphatic heterocycles. The van der Waals surface area contributed by atoms with Crippen LogP contribution in [0.2, 0.25) is 10.0 Å². The van der Waals surface area contributed by atoms with Crippen LogP contribution in [0.25, 0.3) is 0 Å². The van der Waals surface area contributed by atoms with Gasteiger partial charge in [0, 0.05) is 29.8 Å². The van der Waals surface area contributed by atoms with Gasteiger partial charge >= 0.3 is 0 Å². The zero-order valence-corrected chi connectivity index (χ0v) is 11.1. The number of ether oxygens (including phenoxy) is 1. The minimum absolute atomic E-state index is 0.110. The van der Waals surface area contributed by atoms with Crippen molar-refractivity contribution in [3.63, 3.8) is 0 Å². The monoisotopic (exact) mass is 261 g/mol. The SMILES string of the molecule is COCCC(C)C(N)c1cc(Cl)ccc1Cl. The Labute approximate surface area is 107 Å². The van der Waals surface area contributed by atoms with Gasteiger partial charge in [-0.05, 0) is 36.1 Å². The summed E-state index contributed by atoms with van der Waals surface area (Å²) in [5.41, 5.74) is 7.05. The van der Waals surface area contributed by atoms with E-state index in [4.69, 9.17) is 33.7 Å². The third-order valence-electron chi connectivity index (χ3n) is 2.71. The number of nitrogens with two attached hydrogens (primary N) is 1. The molecule has 16 heavy (non-hydrogen) atoms. The van der Waals surface area contributed by atoms with Gasteiger partial charge in [-0.1, -0.05) is 30.1 Å². The van der Waals surface area contributed by atoms with Crippen LogP contribution in [0.1, 0.15) is 24.9 Å². The lowest BCUT2D eigenvalue weighted by Gasteiger charge is -2.21. The molecule has 0 spiro atoms. The second-order valence-electron chi connectivity index (χ2n) is 3.95. The van der Waals surface area contributed by atoms with Gasteiger partial charge in [0.2, 0.25) is 0 Å². The summed E-state index contributed by atoms with van der Waals surface area (Å²) in [7, 11) is 1.69. The quantitative estimate of drug-likeness (QED) is 0.878. The Morgan fingerprint density at radius 3 is 2.69 bits per heavy atom. The van der Waals surface area contributed by atoms with Gasteiger partial charge in [0.05, 0.1) is 0 Å². The molecule has 1 rings (SSSR count). The molecule has 0 amide bonds. The van der Waals surface area contributed by atoms with Crippen molar-refractivity contribution in [3.8, 4) is 0 Å². The largest absolute Gasteiger partial charge is 0.385 e. The highest BCUT2D eigenvalue weighted by Crippen LogP contribution is 2.30. The molecule has 4 heteroatoms. The fourth-order valence-corrected chi connectivity index (χ4v) is 1.98. The van der Waals surface area contributed by atoms with E-state index in [2.05, 4.69) is 6.92 Å². The van der Waals surface area contributed by atoms with E-state index >= 15 is 0 Å². The molecule has 2 nitrogen and oxygen atoms in total. The van der Waals surface area contributed by atoms with Crippen LogP contribution in [-0.4, -0.2) is 13.7 Å². The first kappa shape index (κ1) is 13.8. The summed E-state index contributed by atoms with van der Waals surface area (Å²) in [5, 5.41) is 1.33. The molecule has 0 aliphatic rings. The molecule has 0 bridgehead atoms. The van der Waals surface area contributed by atoms with Gasteiger partial charge in [0.25, 0.3) is 0 Å². The molecular weight excluding hydrogens is 245 g/mol. The molecule has 1 aromatic carbocycles. The molecular formula is C12H17Cl2NO. The lowest BCUT2D eigenvalue weighted by molar-refractivity contribution is 0.174. The Kier molecular flexibility index (Phi) is 5.56. The molecule has 0 aromatic heterocycles. The van der Waals surface area contributed by atoms with Crippen LogP contribution in [0.4, 0.5) is 0 Å². The number of hydrogen-bond donors (Lipinski definition) is 1. The van der Waals surface area contributed by atoms with Crippen LogP contribution in [0.15, 0.2) is 18.2 Å². The number of rotatable bonds is 5. The van der Waals surface area contributed by atoms with E-state index in [1.165, 1.54) is 0 Å². The average Bonchev–Trinajstić information content (AvgIpc) is 2.28. The first-order valence-corrected chi connectivity index (χ1v) is 6.01. The van der Waals surface area contributed by atoms with E-state index in [0.717, 1.165) is 12.0 Å². The summed E-state index contributed by atoms with van der Waals surface area (Å²) in [6.07, 6.45) is 0.903. The predicted octanol–water partition coefficient (Wildman–Crippen LogP) is 3.67. The Morgan fingerprint density at radius 2 is 2.06 bits per heavy atom. The van der Waals surface area contributed by atoms with Gasteiger partial charge in [-0.2, -0.15) is 0 Å². The van der Waals surface area contributed by atoms with Crippen molar-refractivity contribution in [1.29, 1.82) is 0 Å². The minimum Gasteiger partial charge on any atom is -0.385 e. The van der Waals surface area contributed by atoms with Crippen LogP contribution >= 0.6 is 23.2 Å². The molecule has 0 radical (unpaired) electrons. The standard InChI is InChI=1S/C12H17Cl2NO/c1-8(5-6-16-2)12(15)10-7-9(13)3-4-11(10)14/h3-4,7-8,12H,5-6,15H2,1-2H3. The zero-order valence-electron chi connectivity index (χ0n) is 9.54. The number of methoxy groups -OCH3 is 1. The molecule has 90 valence electrons. The molecule has 0 aliphatic carbocycles. The van der Waals surface area contributed by atoms with Gasteiger partial charge in [-0.3, -0.25) is 0 Å². The topological polar surface area (TPSA) is 35.2 Å². The number of benzene rings is 1. The van der Waals surface area contributed by atoms with Crippen LogP contribution in [-0.2, 0) is 4.74 Å². The van der Waals surface area contributed by atoms with E-state index in [-0.39, 0.29) is 6.04 Å². The Bertz CT molecular complexity index is 344. The highest BCUT2D eigenvalue weighted by molar-refractivity contribution is 6.33. The second-order valence-corrected chi connectivity index (χ2v) is 4.79. The molecule has 2 N–H and O–H groups in total. The van der Waals surface area contributed by atoms with Crippen molar-refractivity contribution >= 4 is 23.2 Å². The third-order valence-corrected chi connectivity index (χ3v) is 3.29. The van der Waals surface area contributed by atoms with Crippen molar-refractivity contribution in [2.24, 2.45) is 11.7 Å². The normalized spacial score (nSPS) is 14.8. The van der Waals surface area contributed by atoms with E-state index in [9.17, 15) is 0 Å². The summed E-state index contributed by atoms with van der Waals surface area (Å²) in [6, 6.07) is 5.27. The fraction of sp³-hybridized carbons (Fsp3) is 0.500. The Morgan fingerprint density at radius 1 is 1.38 bits per heavy atom. The van der Waals surface area contributed by atoms with Crippen molar-refractivity contribution in [1.82, 2.24) is 0 Å². The van der Waals surface area contributed by atoms with Crippen LogP contribution in [0.3, 0.4) is 0 Å². The third kappa shape index (κ3) is 3.63. The van der Waals surface area contributed by atoms with Crippen molar-refractivity contribution < 1.29 is 4.74 Å². The summed E-state index contributed by atoms with van der Waals surface area (Å²) >= 11 is 12.0. The van der Waals surface area contributed by atoms with E-state index in [1.807, 2.05) is 6.07 Å². The maximum absolute atomic E-state index is 6.15.